The second-order valence-corrected chi connectivity index (χ2v) is 9.12. The minimum atomic E-state index is -1.30. The predicted molar refractivity (Wildman–Crippen MR) is 119 cm³/mol. The molecule has 2 aromatic heterocycles. The molecule has 0 radical (unpaired) electrons. The van der Waals surface area contributed by atoms with Gasteiger partial charge < -0.3 is 35.2 Å². The molecule has 0 spiro atoms. The minimum Gasteiger partial charge on any atom is -0.504 e. The highest BCUT2D eigenvalue weighted by Gasteiger charge is 2.45. The number of phenols is 2. The van der Waals surface area contributed by atoms with E-state index in [9.17, 15) is 25.2 Å². The molecule has 5 N–H and O–H groups in total. The lowest BCUT2D eigenvalue weighted by molar-refractivity contribution is -0.159. The number of hydrogen-bond acceptors (Lipinski definition) is 11. The van der Waals surface area contributed by atoms with Crippen molar-refractivity contribution in [3.05, 3.63) is 36.4 Å². The van der Waals surface area contributed by atoms with Crippen LogP contribution in [0.5, 0.6) is 11.5 Å². The van der Waals surface area contributed by atoms with Crippen LogP contribution in [0.1, 0.15) is 32.6 Å². The van der Waals surface area contributed by atoms with Gasteiger partial charge in [-0.2, -0.15) is 0 Å². The fourth-order valence-corrected chi connectivity index (χ4v) is 3.50. The Morgan fingerprint density at radius 2 is 1.91 bits per heavy atom. The summed E-state index contributed by atoms with van der Waals surface area (Å²) in [5.41, 5.74) is 0.751. The highest BCUT2D eigenvalue weighted by Crippen LogP contribution is 2.33. The molecule has 0 unspecified atom stereocenters. The van der Waals surface area contributed by atoms with Crippen LogP contribution in [-0.4, -0.2) is 70.8 Å². The Kier molecular flexibility index (Phi) is 6.30. The predicted octanol–water partition coefficient (Wildman–Crippen LogP) is 1.06. The molecule has 1 aliphatic heterocycles. The maximum atomic E-state index is 12.0. The van der Waals surface area contributed by atoms with E-state index in [1.54, 1.807) is 26.8 Å². The van der Waals surface area contributed by atoms with Gasteiger partial charge in [0.1, 0.15) is 31.2 Å². The van der Waals surface area contributed by atoms with Gasteiger partial charge in [0, 0.05) is 6.54 Å². The van der Waals surface area contributed by atoms with E-state index in [1.807, 2.05) is 0 Å². The van der Waals surface area contributed by atoms with Crippen molar-refractivity contribution in [1.29, 1.82) is 0 Å². The zero-order valence-corrected chi connectivity index (χ0v) is 18.9. The smallest absolute Gasteiger partial charge is 0.311 e. The van der Waals surface area contributed by atoms with Crippen LogP contribution in [0.4, 0.5) is 5.82 Å². The van der Waals surface area contributed by atoms with E-state index in [1.165, 1.54) is 29.4 Å². The first-order valence-corrected chi connectivity index (χ1v) is 10.7. The summed E-state index contributed by atoms with van der Waals surface area (Å²) in [6.45, 7) is 5.22. The van der Waals surface area contributed by atoms with Gasteiger partial charge in [-0.3, -0.25) is 9.36 Å². The number of aromatic hydroxyl groups is 2. The first kappa shape index (κ1) is 23.7. The van der Waals surface area contributed by atoms with Crippen LogP contribution < -0.4 is 5.32 Å². The standard InChI is InChI=1S/C22H27N5O7/c1-22(2,3)21(32)33-8-14-16(30)17(31)20(34-14)27-10-26-15-18(24-9-25-19(15)27)23-7-11-4-5-12(28)13(29)6-11/h4-6,9-10,14,16-17,20,28-31H,7-8H2,1-3H3,(H,23,24,25)/t14-,16-,17-,20-/m1/s1. The Morgan fingerprint density at radius 3 is 2.62 bits per heavy atom. The Bertz CT molecular complexity index is 1190. The van der Waals surface area contributed by atoms with Gasteiger partial charge in [0.25, 0.3) is 0 Å². The maximum Gasteiger partial charge on any atom is 0.311 e. The molecular weight excluding hydrogens is 446 g/mol. The lowest BCUT2D eigenvalue weighted by Crippen LogP contribution is -2.35. The van der Waals surface area contributed by atoms with E-state index >= 15 is 0 Å². The number of hydrogen-bond donors (Lipinski definition) is 5. The van der Waals surface area contributed by atoms with Crippen LogP contribution in [0.25, 0.3) is 11.2 Å². The number of aliphatic hydroxyl groups is 2. The molecule has 1 aliphatic rings. The number of carbonyl (C=O) groups excluding carboxylic acids is 1. The second-order valence-electron chi connectivity index (χ2n) is 9.12. The van der Waals surface area contributed by atoms with E-state index in [0.717, 1.165) is 0 Å². The summed E-state index contributed by atoms with van der Waals surface area (Å²) in [6.07, 6.45) is -1.78. The van der Waals surface area contributed by atoms with Crippen LogP contribution in [0.2, 0.25) is 0 Å². The highest BCUT2D eigenvalue weighted by molar-refractivity contribution is 5.82. The van der Waals surface area contributed by atoms with Gasteiger partial charge in [-0.15, -0.1) is 0 Å². The van der Waals surface area contributed by atoms with E-state index in [-0.39, 0.29) is 24.7 Å². The number of nitrogens with one attached hydrogen (secondary N) is 1. The first-order chi connectivity index (χ1) is 16.1. The molecule has 0 amide bonds. The summed E-state index contributed by atoms with van der Waals surface area (Å²) in [4.78, 5) is 24.8. The van der Waals surface area contributed by atoms with Gasteiger partial charge in [0.2, 0.25) is 0 Å². The van der Waals surface area contributed by atoms with Crippen LogP contribution in [0, 0.1) is 5.41 Å². The van der Waals surface area contributed by atoms with Crippen molar-refractivity contribution < 1.29 is 34.7 Å². The van der Waals surface area contributed by atoms with Crippen LogP contribution >= 0.6 is 0 Å². The molecule has 3 aromatic rings. The molecule has 0 saturated carbocycles. The largest absolute Gasteiger partial charge is 0.504 e. The van der Waals surface area contributed by atoms with Crippen molar-refractivity contribution in [1.82, 2.24) is 19.5 Å². The molecule has 4 atom stereocenters. The molecule has 12 heteroatoms. The van der Waals surface area contributed by atoms with Crippen LogP contribution in [0.3, 0.4) is 0 Å². The summed E-state index contributed by atoms with van der Waals surface area (Å²) in [5, 5.41) is 43.2. The molecular formula is C22H27N5O7. The van der Waals surface area contributed by atoms with Gasteiger partial charge in [-0.05, 0) is 38.5 Å². The average Bonchev–Trinajstić information content (AvgIpc) is 3.34. The minimum absolute atomic E-state index is 0.210. The summed E-state index contributed by atoms with van der Waals surface area (Å²) in [5.74, 6) is -0.486. The molecule has 0 bridgehead atoms. The first-order valence-electron chi connectivity index (χ1n) is 10.7. The third-order valence-electron chi connectivity index (χ3n) is 5.46. The molecule has 34 heavy (non-hydrogen) atoms. The normalized spacial score (nSPS) is 22.7. The maximum absolute atomic E-state index is 12.0. The van der Waals surface area contributed by atoms with Crippen molar-refractivity contribution in [3.63, 3.8) is 0 Å². The number of rotatable bonds is 6. The molecule has 4 rings (SSSR count). The number of fused-ring (bicyclic) bond motifs is 1. The van der Waals surface area contributed by atoms with E-state index in [4.69, 9.17) is 9.47 Å². The van der Waals surface area contributed by atoms with Crippen LogP contribution in [0.15, 0.2) is 30.9 Å². The molecule has 1 aromatic carbocycles. The van der Waals surface area contributed by atoms with Gasteiger partial charge in [-0.1, -0.05) is 6.07 Å². The number of aliphatic hydroxyl groups excluding tert-OH is 2. The Hall–Kier alpha value is -3.48. The third-order valence-corrected chi connectivity index (χ3v) is 5.46. The zero-order chi connectivity index (χ0) is 24.6. The van der Waals surface area contributed by atoms with E-state index in [0.29, 0.717) is 22.5 Å². The third kappa shape index (κ3) is 4.60. The number of nitrogens with zero attached hydrogens (tertiary/aromatic N) is 4. The number of aromatic nitrogens is 4. The van der Waals surface area contributed by atoms with Crippen molar-refractivity contribution in [2.75, 3.05) is 11.9 Å². The topological polar surface area (TPSA) is 172 Å². The lowest BCUT2D eigenvalue weighted by atomic mass is 9.97. The van der Waals surface area contributed by atoms with Crippen molar-refractivity contribution in [3.8, 4) is 11.5 Å². The lowest BCUT2D eigenvalue weighted by Gasteiger charge is -2.20. The van der Waals surface area contributed by atoms with Crippen molar-refractivity contribution in [2.45, 2.75) is 51.9 Å². The Morgan fingerprint density at radius 1 is 1.15 bits per heavy atom. The summed E-state index contributed by atoms with van der Waals surface area (Å²) < 4.78 is 12.5. The van der Waals surface area contributed by atoms with Gasteiger partial charge in [-0.25, -0.2) is 15.0 Å². The molecule has 0 aliphatic carbocycles. The number of benzene rings is 1. The SMILES string of the molecule is CC(C)(C)C(=O)OC[C@H]1O[C@@H](n2cnc3c(NCc4ccc(O)c(O)c4)ncnc32)[C@H](O)[C@@H]1O. The van der Waals surface area contributed by atoms with E-state index in [2.05, 4.69) is 20.3 Å². The highest BCUT2D eigenvalue weighted by atomic mass is 16.6. The van der Waals surface area contributed by atoms with Crippen LogP contribution in [-0.2, 0) is 20.8 Å². The summed E-state index contributed by atoms with van der Waals surface area (Å²) in [6, 6.07) is 4.46. The summed E-state index contributed by atoms with van der Waals surface area (Å²) in [7, 11) is 0. The number of esters is 1. The molecule has 1 saturated heterocycles. The average molecular weight is 473 g/mol. The van der Waals surface area contributed by atoms with Crippen molar-refractivity contribution >= 4 is 23.0 Å². The molecule has 182 valence electrons. The Balaban J connectivity index is 1.50. The monoisotopic (exact) mass is 473 g/mol. The second kappa shape index (κ2) is 9.05. The fraction of sp³-hybridized carbons (Fsp3) is 0.455. The number of carbonyl (C=O) groups is 1. The number of anilines is 1. The number of ether oxygens (including phenoxy) is 2. The molecule has 3 heterocycles. The quantitative estimate of drug-likeness (QED) is 0.256. The molecule has 1 fully saturated rings. The van der Waals surface area contributed by atoms with Gasteiger partial charge >= 0.3 is 5.97 Å². The Labute approximate surface area is 194 Å². The summed E-state index contributed by atoms with van der Waals surface area (Å²) >= 11 is 0. The van der Waals surface area contributed by atoms with Gasteiger partial charge in [0.05, 0.1) is 11.7 Å². The fourth-order valence-electron chi connectivity index (χ4n) is 3.50. The van der Waals surface area contributed by atoms with Crippen molar-refractivity contribution in [2.24, 2.45) is 5.41 Å². The zero-order valence-electron chi connectivity index (χ0n) is 18.9. The van der Waals surface area contributed by atoms with Gasteiger partial charge in [0.15, 0.2) is 34.7 Å². The molecule has 12 nitrogen and oxygen atoms in total. The van der Waals surface area contributed by atoms with E-state index < -0.39 is 35.9 Å². The number of imidazole rings is 1. The number of phenolic OH excluding ortho intramolecular Hbond substituents is 2.